The Kier molecular flexibility index (Phi) is 3.83. The number of nitrogens with one attached hydrogen (secondary N) is 1. The van der Waals surface area contributed by atoms with Crippen LogP contribution in [0.15, 0.2) is 0 Å². The summed E-state index contributed by atoms with van der Waals surface area (Å²) in [7, 11) is 0. The first kappa shape index (κ1) is 14.4. The molecule has 1 N–H and O–H groups in total. The molecule has 0 bridgehead atoms. The highest BCUT2D eigenvalue weighted by atomic mass is 16.2. The first-order valence-electron chi connectivity index (χ1n) is 8.66. The molecular formula is C17H30N2O. The SMILES string of the molecule is CC(C)C1NC2(CCCC2)C(=O)N1C1CCCCC1C. The molecule has 3 fully saturated rings. The number of carbonyl (C=O) groups is 1. The van der Waals surface area contributed by atoms with E-state index in [9.17, 15) is 4.79 Å². The average molecular weight is 278 g/mol. The molecule has 3 rings (SSSR count). The third-order valence-electron chi connectivity index (χ3n) is 5.88. The Bertz CT molecular complexity index is 373. The van der Waals surface area contributed by atoms with Crippen molar-refractivity contribution in [3.8, 4) is 0 Å². The Morgan fingerprint density at radius 2 is 1.80 bits per heavy atom. The minimum Gasteiger partial charge on any atom is -0.322 e. The molecule has 1 saturated heterocycles. The molecule has 114 valence electrons. The van der Waals surface area contributed by atoms with Gasteiger partial charge in [0.25, 0.3) is 0 Å². The van der Waals surface area contributed by atoms with Gasteiger partial charge in [-0.15, -0.1) is 0 Å². The van der Waals surface area contributed by atoms with Gasteiger partial charge in [0, 0.05) is 6.04 Å². The van der Waals surface area contributed by atoms with Crippen molar-refractivity contribution < 1.29 is 4.79 Å². The number of nitrogens with zero attached hydrogens (tertiary/aromatic N) is 1. The van der Waals surface area contributed by atoms with E-state index in [2.05, 4.69) is 31.0 Å². The number of hydrogen-bond acceptors (Lipinski definition) is 2. The number of amides is 1. The maximum absolute atomic E-state index is 13.2. The summed E-state index contributed by atoms with van der Waals surface area (Å²) >= 11 is 0. The predicted molar refractivity (Wildman–Crippen MR) is 81.2 cm³/mol. The highest BCUT2D eigenvalue weighted by Crippen LogP contribution is 2.41. The summed E-state index contributed by atoms with van der Waals surface area (Å²) in [5.74, 6) is 1.58. The van der Waals surface area contributed by atoms with Gasteiger partial charge in [-0.05, 0) is 37.5 Å². The van der Waals surface area contributed by atoms with E-state index in [1.54, 1.807) is 0 Å². The molecular weight excluding hydrogens is 248 g/mol. The van der Waals surface area contributed by atoms with E-state index in [1.165, 1.54) is 38.5 Å². The third-order valence-corrected chi connectivity index (χ3v) is 5.88. The second-order valence-electron chi connectivity index (χ2n) is 7.66. The lowest BCUT2D eigenvalue weighted by Gasteiger charge is -2.40. The molecule has 3 atom stereocenters. The molecule has 1 amide bonds. The van der Waals surface area contributed by atoms with Crippen molar-refractivity contribution in [3.05, 3.63) is 0 Å². The van der Waals surface area contributed by atoms with Crippen molar-refractivity contribution in [2.24, 2.45) is 11.8 Å². The molecule has 3 nitrogen and oxygen atoms in total. The fraction of sp³-hybridized carbons (Fsp3) is 0.941. The summed E-state index contributed by atoms with van der Waals surface area (Å²) in [5.41, 5.74) is -0.202. The number of rotatable bonds is 2. The maximum Gasteiger partial charge on any atom is 0.244 e. The van der Waals surface area contributed by atoms with Crippen LogP contribution in [0.2, 0.25) is 0 Å². The van der Waals surface area contributed by atoms with Gasteiger partial charge in [-0.1, -0.05) is 46.5 Å². The summed E-state index contributed by atoms with van der Waals surface area (Å²) in [4.78, 5) is 15.4. The predicted octanol–water partition coefficient (Wildman–Crippen LogP) is 3.29. The van der Waals surface area contributed by atoms with E-state index < -0.39 is 0 Å². The quantitative estimate of drug-likeness (QED) is 0.840. The molecule has 0 aromatic carbocycles. The minimum atomic E-state index is -0.202. The molecule has 0 aromatic rings. The van der Waals surface area contributed by atoms with Crippen LogP contribution >= 0.6 is 0 Å². The van der Waals surface area contributed by atoms with E-state index in [0.29, 0.717) is 23.8 Å². The van der Waals surface area contributed by atoms with Gasteiger partial charge in [0.05, 0.1) is 11.7 Å². The van der Waals surface area contributed by atoms with E-state index >= 15 is 0 Å². The molecule has 3 heteroatoms. The molecule has 2 saturated carbocycles. The van der Waals surface area contributed by atoms with E-state index in [-0.39, 0.29) is 11.7 Å². The fourth-order valence-corrected chi connectivity index (χ4v) is 4.68. The number of carbonyl (C=O) groups excluding carboxylic acids is 1. The first-order valence-corrected chi connectivity index (χ1v) is 8.66. The van der Waals surface area contributed by atoms with Crippen molar-refractivity contribution in [1.29, 1.82) is 0 Å². The van der Waals surface area contributed by atoms with Gasteiger partial charge in [0.1, 0.15) is 0 Å². The second-order valence-corrected chi connectivity index (χ2v) is 7.66. The summed E-state index contributed by atoms with van der Waals surface area (Å²) in [6, 6.07) is 0.469. The Morgan fingerprint density at radius 1 is 1.15 bits per heavy atom. The molecule has 1 spiro atoms. The van der Waals surface area contributed by atoms with Gasteiger partial charge in [0.2, 0.25) is 5.91 Å². The molecule has 1 aliphatic heterocycles. The standard InChI is InChI=1S/C17H30N2O/c1-12(2)15-18-17(10-6-7-11-17)16(20)19(15)14-9-5-4-8-13(14)3/h12-15,18H,4-11H2,1-3H3. The lowest BCUT2D eigenvalue weighted by molar-refractivity contribution is -0.137. The molecule has 3 aliphatic rings. The van der Waals surface area contributed by atoms with Gasteiger partial charge in [-0.25, -0.2) is 0 Å². The van der Waals surface area contributed by atoms with Gasteiger partial charge in [-0.3, -0.25) is 10.1 Å². The first-order chi connectivity index (χ1) is 9.55. The average Bonchev–Trinajstić information content (AvgIpc) is 2.99. The molecule has 3 unspecified atom stereocenters. The molecule has 0 radical (unpaired) electrons. The summed E-state index contributed by atoms with van der Waals surface area (Å²) in [6.45, 7) is 6.84. The van der Waals surface area contributed by atoms with Crippen molar-refractivity contribution in [1.82, 2.24) is 10.2 Å². The van der Waals surface area contributed by atoms with Crippen molar-refractivity contribution >= 4 is 5.91 Å². The van der Waals surface area contributed by atoms with Crippen LogP contribution in [0, 0.1) is 11.8 Å². The monoisotopic (exact) mass is 278 g/mol. The molecule has 1 heterocycles. The van der Waals surface area contributed by atoms with Crippen LogP contribution in [0.3, 0.4) is 0 Å². The van der Waals surface area contributed by atoms with Crippen LogP contribution in [0.25, 0.3) is 0 Å². The zero-order chi connectivity index (χ0) is 14.3. The summed E-state index contributed by atoms with van der Waals surface area (Å²) < 4.78 is 0. The van der Waals surface area contributed by atoms with Crippen molar-refractivity contribution in [2.45, 2.75) is 89.9 Å². The Labute approximate surface area is 123 Å². The Morgan fingerprint density at radius 3 is 2.40 bits per heavy atom. The van der Waals surface area contributed by atoms with E-state index in [0.717, 1.165) is 12.8 Å². The largest absolute Gasteiger partial charge is 0.322 e. The summed E-state index contributed by atoms with van der Waals surface area (Å²) in [6.07, 6.45) is 9.88. The van der Waals surface area contributed by atoms with Crippen LogP contribution in [-0.2, 0) is 4.79 Å². The van der Waals surface area contributed by atoms with Crippen LogP contribution < -0.4 is 5.32 Å². The molecule has 20 heavy (non-hydrogen) atoms. The Hall–Kier alpha value is -0.570. The summed E-state index contributed by atoms with van der Waals surface area (Å²) in [5, 5.41) is 3.76. The highest BCUT2D eigenvalue weighted by Gasteiger charge is 2.55. The van der Waals surface area contributed by atoms with Crippen LogP contribution in [0.1, 0.15) is 72.1 Å². The fourth-order valence-electron chi connectivity index (χ4n) is 4.68. The third kappa shape index (κ3) is 2.18. The van der Waals surface area contributed by atoms with Crippen LogP contribution in [0.5, 0.6) is 0 Å². The van der Waals surface area contributed by atoms with Crippen LogP contribution in [0.4, 0.5) is 0 Å². The zero-order valence-corrected chi connectivity index (χ0v) is 13.3. The van der Waals surface area contributed by atoms with Gasteiger partial charge < -0.3 is 4.90 Å². The molecule has 2 aliphatic carbocycles. The second kappa shape index (κ2) is 5.32. The maximum atomic E-state index is 13.2. The van der Waals surface area contributed by atoms with Crippen LogP contribution in [-0.4, -0.2) is 28.6 Å². The molecule has 0 aromatic heterocycles. The van der Waals surface area contributed by atoms with E-state index in [1.807, 2.05) is 0 Å². The minimum absolute atomic E-state index is 0.202. The lowest BCUT2D eigenvalue weighted by atomic mass is 9.84. The van der Waals surface area contributed by atoms with Crippen molar-refractivity contribution in [2.75, 3.05) is 0 Å². The number of hydrogen-bond donors (Lipinski definition) is 1. The topological polar surface area (TPSA) is 32.3 Å². The zero-order valence-electron chi connectivity index (χ0n) is 13.3. The normalized spacial score (nSPS) is 37.3. The Balaban J connectivity index is 1.87. The van der Waals surface area contributed by atoms with Gasteiger partial charge >= 0.3 is 0 Å². The highest BCUT2D eigenvalue weighted by molar-refractivity contribution is 5.89. The van der Waals surface area contributed by atoms with Gasteiger partial charge in [-0.2, -0.15) is 0 Å². The lowest BCUT2D eigenvalue weighted by Crippen LogP contribution is -2.50. The van der Waals surface area contributed by atoms with Gasteiger partial charge in [0.15, 0.2) is 0 Å². The van der Waals surface area contributed by atoms with E-state index in [4.69, 9.17) is 0 Å². The van der Waals surface area contributed by atoms with Crippen molar-refractivity contribution in [3.63, 3.8) is 0 Å². The smallest absolute Gasteiger partial charge is 0.244 e.